The molecule has 0 saturated heterocycles. The SMILES string of the molecule is O=C(/C=C/c1ccco1)NCCC(=O)N(C1CC1)C1CCCc2ccccc21. The Bertz CT molecular complexity index is 852. The summed E-state index contributed by atoms with van der Waals surface area (Å²) in [6.07, 6.45) is 10.3. The van der Waals surface area contributed by atoms with E-state index in [-0.39, 0.29) is 17.9 Å². The summed E-state index contributed by atoms with van der Waals surface area (Å²) < 4.78 is 5.16. The number of benzene rings is 1. The highest BCUT2D eigenvalue weighted by atomic mass is 16.3. The first-order chi connectivity index (χ1) is 13.7. The predicted molar refractivity (Wildman–Crippen MR) is 107 cm³/mol. The van der Waals surface area contributed by atoms with Gasteiger partial charge in [0, 0.05) is 25.1 Å². The molecular formula is C23H26N2O3. The minimum atomic E-state index is -0.217. The average molecular weight is 378 g/mol. The number of hydrogen-bond acceptors (Lipinski definition) is 3. The largest absolute Gasteiger partial charge is 0.465 e. The molecule has 1 aromatic carbocycles. The molecule has 1 atom stereocenters. The van der Waals surface area contributed by atoms with E-state index in [1.165, 1.54) is 17.2 Å². The van der Waals surface area contributed by atoms with Crippen molar-refractivity contribution >= 4 is 17.9 Å². The van der Waals surface area contributed by atoms with Crippen LogP contribution in [0.4, 0.5) is 0 Å². The van der Waals surface area contributed by atoms with Crippen molar-refractivity contribution < 1.29 is 14.0 Å². The molecule has 0 aliphatic heterocycles. The standard InChI is InChI=1S/C23H26N2O3/c26-22(13-12-19-7-4-16-28-19)24-15-14-23(27)25(18-10-11-18)21-9-3-6-17-5-1-2-8-20(17)21/h1-2,4-5,7-8,12-13,16,18,21H,3,6,9-11,14-15H2,(H,24,26)/b13-12+. The molecule has 1 saturated carbocycles. The quantitative estimate of drug-likeness (QED) is 0.744. The van der Waals surface area contributed by atoms with Gasteiger partial charge >= 0.3 is 0 Å². The molecule has 28 heavy (non-hydrogen) atoms. The van der Waals surface area contributed by atoms with Gasteiger partial charge in [-0.2, -0.15) is 0 Å². The van der Waals surface area contributed by atoms with Gasteiger partial charge in [0.15, 0.2) is 0 Å². The number of furan rings is 1. The molecule has 2 aliphatic carbocycles. The van der Waals surface area contributed by atoms with Crippen LogP contribution in [0.15, 0.2) is 53.2 Å². The molecule has 1 fully saturated rings. The Hall–Kier alpha value is -2.82. The summed E-state index contributed by atoms with van der Waals surface area (Å²) in [6.45, 7) is 0.345. The van der Waals surface area contributed by atoms with Gasteiger partial charge in [-0.1, -0.05) is 24.3 Å². The molecule has 5 nitrogen and oxygen atoms in total. The van der Waals surface area contributed by atoms with E-state index in [0.29, 0.717) is 24.8 Å². The maximum Gasteiger partial charge on any atom is 0.244 e. The summed E-state index contributed by atoms with van der Waals surface area (Å²) in [7, 11) is 0. The van der Waals surface area contributed by atoms with Crippen LogP contribution in [-0.4, -0.2) is 29.3 Å². The van der Waals surface area contributed by atoms with Crippen LogP contribution in [0.25, 0.3) is 6.08 Å². The van der Waals surface area contributed by atoms with E-state index in [1.807, 2.05) is 0 Å². The summed E-state index contributed by atoms with van der Waals surface area (Å²) >= 11 is 0. The van der Waals surface area contributed by atoms with Gasteiger partial charge in [0.05, 0.1) is 12.3 Å². The van der Waals surface area contributed by atoms with E-state index < -0.39 is 0 Å². The van der Waals surface area contributed by atoms with Crippen LogP contribution in [0.1, 0.15) is 55.0 Å². The molecule has 0 spiro atoms. The molecule has 1 unspecified atom stereocenters. The van der Waals surface area contributed by atoms with Gasteiger partial charge in [0.1, 0.15) is 5.76 Å². The van der Waals surface area contributed by atoms with Gasteiger partial charge in [-0.3, -0.25) is 9.59 Å². The van der Waals surface area contributed by atoms with Crippen molar-refractivity contribution in [2.24, 2.45) is 0 Å². The van der Waals surface area contributed by atoms with Crippen LogP contribution in [0.3, 0.4) is 0 Å². The van der Waals surface area contributed by atoms with Crippen molar-refractivity contribution in [1.29, 1.82) is 0 Å². The van der Waals surface area contributed by atoms with Crippen molar-refractivity contribution in [2.75, 3.05) is 6.54 Å². The smallest absolute Gasteiger partial charge is 0.244 e. The number of carbonyl (C=O) groups is 2. The summed E-state index contributed by atoms with van der Waals surface area (Å²) in [5.41, 5.74) is 2.67. The van der Waals surface area contributed by atoms with Gasteiger partial charge < -0.3 is 14.6 Å². The first-order valence-electron chi connectivity index (χ1n) is 10.1. The van der Waals surface area contributed by atoms with Crippen LogP contribution in [-0.2, 0) is 16.0 Å². The second-order valence-electron chi connectivity index (χ2n) is 7.53. The topological polar surface area (TPSA) is 62.6 Å². The van der Waals surface area contributed by atoms with Gasteiger partial charge in [-0.25, -0.2) is 0 Å². The second-order valence-corrected chi connectivity index (χ2v) is 7.53. The minimum Gasteiger partial charge on any atom is -0.465 e. The highest BCUT2D eigenvalue weighted by molar-refractivity contribution is 5.91. The fourth-order valence-electron chi connectivity index (χ4n) is 4.03. The highest BCUT2D eigenvalue weighted by Gasteiger charge is 2.38. The highest BCUT2D eigenvalue weighted by Crippen LogP contribution is 2.41. The lowest BCUT2D eigenvalue weighted by atomic mass is 9.86. The summed E-state index contributed by atoms with van der Waals surface area (Å²) in [6, 6.07) is 12.6. The lowest BCUT2D eigenvalue weighted by Crippen LogP contribution is -2.40. The number of fused-ring (bicyclic) bond motifs is 1. The third-order valence-corrected chi connectivity index (χ3v) is 5.48. The van der Waals surface area contributed by atoms with E-state index in [1.54, 1.807) is 24.5 Å². The zero-order valence-corrected chi connectivity index (χ0v) is 16.0. The summed E-state index contributed by atoms with van der Waals surface area (Å²) in [5.74, 6) is 0.548. The number of aryl methyl sites for hydroxylation is 1. The lowest BCUT2D eigenvalue weighted by molar-refractivity contribution is -0.134. The molecule has 2 amide bonds. The Labute approximate surface area is 165 Å². The van der Waals surface area contributed by atoms with Gasteiger partial charge in [-0.05, 0) is 61.4 Å². The third-order valence-electron chi connectivity index (χ3n) is 5.48. The molecule has 4 rings (SSSR count). The van der Waals surface area contributed by atoms with Crippen molar-refractivity contribution in [3.63, 3.8) is 0 Å². The molecule has 5 heteroatoms. The average Bonchev–Trinajstić information content (AvgIpc) is 3.40. The molecule has 1 heterocycles. The number of nitrogens with zero attached hydrogens (tertiary/aromatic N) is 1. The maximum atomic E-state index is 13.0. The van der Waals surface area contributed by atoms with Gasteiger partial charge in [0.25, 0.3) is 0 Å². The molecular weight excluding hydrogens is 352 g/mol. The van der Waals surface area contributed by atoms with E-state index in [2.05, 4.69) is 34.5 Å². The minimum absolute atomic E-state index is 0.138. The number of hydrogen-bond donors (Lipinski definition) is 1. The van der Waals surface area contributed by atoms with Gasteiger partial charge in [-0.15, -0.1) is 0 Å². The number of carbonyl (C=O) groups excluding carboxylic acids is 2. The number of amides is 2. The molecule has 1 aromatic heterocycles. The molecule has 2 aromatic rings. The van der Waals surface area contributed by atoms with Crippen LogP contribution < -0.4 is 5.32 Å². The zero-order valence-electron chi connectivity index (χ0n) is 16.0. The van der Waals surface area contributed by atoms with Crippen molar-refractivity contribution in [3.05, 3.63) is 65.6 Å². The van der Waals surface area contributed by atoms with Crippen molar-refractivity contribution in [3.8, 4) is 0 Å². The Morgan fingerprint density at radius 1 is 1.14 bits per heavy atom. The second kappa shape index (κ2) is 8.46. The molecule has 0 bridgehead atoms. The monoisotopic (exact) mass is 378 g/mol. The van der Waals surface area contributed by atoms with Crippen LogP contribution in [0.2, 0.25) is 0 Å². The fourth-order valence-corrected chi connectivity index (χ4v) is 4.03. The Morgan fingerprint density at radius 2 is 2.00 bits per heavy atom. The summed E-state index contributed by atoms with van der Waals surface area (Å²) in [5, 5.41) is 2.80. The van der Waals surface area contributed by atoms with Crippen molar-refractivity contribution in [1.82, 2.24) is 10.2 Å². The molecule has 146 valence electrons. The zero-order chi connectivity index (χ0) is 19.3. The molecule has 1 N–H and O–H groups in total. The fraction of sp³-hybridized carbons (Fsp3) is 0.391. The maximum absolute atomic E-state index is 13.0. The third kappa shape index (κ3) is 4.35. The first-order valence-corrected chi connectivity index (χ1v) is 10.1. The van der Waals surface area contributed by atoms with Crippen molar-refractivity contribution in [2.45, 2.75) is 50.6 Å². The lowest BCUT2D eigenvalue weighted by Gasteiger charge is -2.36. The van der Waals surface area contributed by atoms with E-state index in [4.69, 9.17) is 4.42 Å². The van der Waals surface area contributed by atoms with E-state index in [9.17, 15) is 9.59 Å². The van der Waals surface area contributed by atoms with E-state index >= 15 is 0 Å². The summed E-state index contributed by atoms with van der Waals surface area (Å²) in [4.78, 5) is 27.0. The normalized spacial score (nSPS) is 18.6. The van der Waals surface area contributed by atoms with Gasteiger partial charge in [0.2, 0.25) is 11.8 Å². The van der Waals surface area contributed by atoms with Crippen LogP contribution in [0, 0.1) is 0 Å². The Balaban J connectivity index is 1.34. The molecule has 0 radical (unpaired) electrons. The van der Waals surface area contributed by atoms with Crippen LogP contribution in [0.5, 0.6) is 0 Å². The number of nitrogens with one attached hydrogen (secondary N) is 1. The predicted octanol–water partition coefficient (Wildman–Crippen LogP) is 3.87. The van der Waals surface area contributed by atoms with E-state index in [0.717, 1.165) is 32.1 Å². The van der Waals surface area contributed by atoms with Crippen LogP contribution >= 0.6 is 0 Å². The Morgan fingerprint density at radius 3 is 2.79 bits per heavy atom. The first kappa shape index (κ1) is 18.5. The number of rotatable bonds is 7. The Kier molecular flexibility index (Phi) is 5.60. The molecule has 2 aliphatic rings.